The number of aliphatic hydroxyl groups is 1. The Hall–Kier alpha value is -1.65. The lowest BCUT2D eigenvalue weighted by atomic mass is 9.74. The molecule has 3 atom stereocenters. The molecule has 0 bridgehead atoms. The molecule has 0 unspecified atom stereocenters. The first kappa shape index (κ1) is 20.6. The second kappa shape index (κ2) is 9.44. The van der Waals surface area contributed by atoms with Crippen LogP contribution in [0.5, 0.6) is 0 Å². The van der Waals surface area contributed by atoms with Gasteiger partial charge in [-0.1, -0.05) is 56.5 Å². The van der Waals surface area contributed by atoms with Crippen molar-refractivity contribution in [1.29, 1.82) is 0 Å². The van der Waals surface area contributed by atoms with Crippen molar-refractivity contribution in [2.24, 2.45) is 0 Å². The van der Waals surface area contributed by atoms with Gasteiger partial charge >= 0.3 is 0 Å². The van der Waals surface area contributed by atoms with Crippen LogP contribution in [0.2, 0.25) is 0 Å². The quantitative estimate of drug-likeness (QED) is 0.725. The molecule has 1 aromatic rings. The normalized spacial score (nSPS) is 27.6. The highest BCUT2D eigenvalue weighted by atomic mass is 16.3. The molecule has 4 rings (SSSR count). The van der Waals surface area contributed by atoms with Crippen molar-refractivity contribution in [2.45, 2.75) is 88.8 Å². The summed E-state index contributed by atoms with van der Waals surface area (Å²) in [5.74, 6) is 0.363. The van der Waals surface area contributed by atoms with E-state index in [2.05, 4.69) is 35.7 Å². The zero-order chi connectivity index (χ0) is 20.2. The Kier molecular flexibility index (Phi) is 6.71. The Morgan fingerprint density at radius 1 is 1.10 bits per heavy atom. The van der Waals surface area contributed by atoms with Gasteiger partial charge in [-0.15, -0.1) is 0 Å². The first-order valence-corrected chi connectivity index (χ1v) is 11.7. The third-order valence-corrected chi connectivity index (χ3v) is 7.25. The zero-order valence-electron chi connectivity index (χ0n) is 17.8. The first-order valence-electron chi connectivity index (χ1n) is 11.7. The van der Waals surface area contributed by atoms with E-state index in [-0.39, 0.29) is 30.5 Å². The summed E-state index contributed by atoms with van der Waals surface area (Å²) in [6.07, 6.45) is 12.9. The highest BCUT2D eigenvalue weighted by molar-refractivity contribution is 5.78. The number of benzene rings is 1. The van der Waals surface area contributed by atoms with Crippen molar-refractivity contribution in [2.75, 3.05) is 13.2 Å². The molecule has 2 fully saturated rings. The van der Waals surface area contributed by atoms with Gasteiger partial charge in [-0.25, -0.2) is 0 Å². The predicted molar refractivity (Wildman–Crippen MR) is 118 cm³/mol. The second-order valence-electron chi connectivity index (χ2n) is 8.98. The number of likely N-dealkylation sites (tertiary alicyclic amines) is 1. The maximum atomic E-state index is 12.6. The molecule has 4 heteroatoms. The highest BCUT2D eigenvalue weighted by Crippen LogP contribution is 2.41. The van der Waals surface area contributed by atoms with Gasteiger partial charge in [0.15, 0.2) is 0 Å². The van der Waals surface area contributed by atoms with Gasteiger partial charge in [0, 0.05) is 24.9 Å². The molecule has 158 valence electrons. The summed E-state index contributed by atoms with van der Waals surface area (Å²) in [6, 6.07) is 9.53. The minimum absolute atomic E-state index is 0.0310. The molecule has 1 saturated heterocycles. The van der Waals surface area contributed by atoms with E-state index in [0.717, 1.165) is 6.54 Å². The summed E-state index contributed by atoms with van der Waals surface area (Å²) in [4.78, 5) is 14.6. The van der Waals surface area contributed by atoms with E-state index in [1.54, 1.807) is 0 Å². The molecule has 29 heavy (non-hydrogen) atoms. The van der Waals surface area contributed by atoms with Crippen LogP contribution in [0.25, 0.3) is 5.57 Å². The molecule has 0 radical (unpaired) electrons. The van der Waals surface area contributed by atoms with Crippen LogP contribution in [0.15, 0.2) is 30.3 Å². The van der Waals surface area contributed by atoms with E-state index >= 15 is 0 Å². The van der Waals surface area contributed by atoms with Crippen LogP contribution >= 0.6 is 0 Å². The summed E-state index contributed by atoms with van der Waals surface area (Å²) >= 11 is 0. The van der Waals surface area contributed by atoms with Gasteiger partial charge in [0.25, 0.3) is 0 Å². The second-order valence-corrected chi connectivity index (χ2v) is 8.98. The molecule has 2 aliphatic carbocycles. The van der Waals surface area contributed by atoms with Crippen molar-refractivity contribution >= 4 is 11.5 Å². The number of hydrogen-bond donors (Lipinski definition) is 2. The van der Waals surface area contributed by atoms with E-state index in [0.29, 0.717) is 12.5 Å². The van der Waals surface area contributed by atoms with E-state index in [1.807, 2.05) is 11.8 Å². The Balaban J connectivity index is 1.50. The Morgan fingerprint density at radius 2 is 1.86 bits per heavy atom. The minimum Gasteiger partial charge on any atom is -0.394 e. The number of hydrogen-bond acceptors (Lipinski definition) is 3. The predicted octanol–water partition coefficient (Wildman–Crippen LogP) is 4.24. The fourth-order valence-electron chi connectivity index (χ4n) is 5.62. The van der Waals surface area contributed by atoms with Crippen LogP contribution in [0, 0.1) is 0 Å². The van der Waals surface area contributed by atoms with Crippen LogP contribution in [-0.2, 0) is 4.79 Å². The topological polar surface area (TPSA) is 52.6 Å². The SMILES string of the molecule is CCC(=O)N1[C@H](CO)[C@H](c2ccc(C3=CCCC3)cc2)[C@@H]1CNC1CCCCC1. The van der Waals surface area contributed by atoms with Gasteiger partial charge in [0.05, 0.1) is 18.7 Å². The van der Waals surface area contributed by atoms with Crippen LogP contribution in [0.3, 0.4) is 0 Å². The summed E-state index contributed by atoms with van der Waals surface area (Å²) in [5.41, 5.74) is 4.04. The number of carbonyl (C=O) groups is 1. The van der Waals surface area contributed by atoms with Crippen LogP contribution in [0.1, 0.15) is 81.8 Å². The van der Waals surface area contributed by atoms with Gasteiger partial charge < -0.3 is 15.3 Å². The van der Waals surface area contributed by atoms with E-state index < -0.39 is 0 Å². The summed E-state index contributed by atoms with van der Waals surface area (Å²) in [5, 5.41) is 13.8. The molecule has 2 N–H and O–H groups in total. The number of nitrogens with one attached hydrogen (secondary N) is 1. The van der Waals surface area contributed by atoms with Gasteiger partial charge in [-0.3, -0.25) is 4.79 Å². The molecule has 1 amide bonds. The average Bonchev–Trinajstić information content (AvgIpc) is 3.29. The third kappa shape index (κ3) is 4.29. The van der Waals surface area contributed by atoms with E-state index in [9.17, 15) is 9.90 Å². The Morgan fingerprint density at radius 3 is 2.48 bits per heavy atom. The third-order valence-electron chi connectivity index (χ3n) is 7.25. The van der Waals surface area contributed by atoms with Gasteiger partial charge in [0.1, 0.15) is 0 Å². The van der Waals surface area contributed by atoms with Crippen molar-refractivity contribution < 1.29 is 9.90 Å². The summed E-state index contributed by atoms with van der Waals surface area (Å²) in [7, 11) is 0. The number of aliphatic hydroxyl groups excluding tert-OH is 1. The van der Waals surface area contributed by atoms with Crippen LogP contribution in [-0.4, -0.2) is 47.2 Å². The molecule has 1 heterocycles. The summed E-state index contributed by atoms with van der Waals surface area (Å²) in [6.45, 7) is 2.77. The van der Waals surface area contributed by atoms with Gasteiger partial charge in [-0.05, 0) is 48.8 Å². The van der Waals surface area contributed by atoms with Crippen LogP contribution in [0.4, 0.5) is 0 Å². The van der Waals surface area contributed by atoms with Crippen molar-refractivity contribution in [3.8, 4) is 0 Å². The number of amides is 1. The molecule has 1 aliphatic heterocycles. The first-order chi connectivity index (χ1) is 14.2. The van der Waals surface area contributed by atoms with E-state index in [1.165, 1.54) is 68.1 Å². The maximum Gasteiger partial charge on any atom is 0.222 e. The lowest BCUT2D eigenvalue weighted by Gasteiger charge is -2.55. The highest BCUT2D eigenvalue weighted by Gasteiger charge is 2.50. The Labute approximate surface area is 175 Å². The van der Waals surface area contributed by atoms with Crippen molar-refractivity contribution in [3.05, 3.63) is 41.5 Å². The molecule has 1 aromatic carbocycles. The maximum absolute atomic E-state index is 12.6. The van der Waals surface area contributed by atoms with E-state index in [4.69, 9.17) is 0 Å². The molecular formula is C25H36N2O2. The molecule has 1 saturated carbocycles. The average molecular weight is 397 g/mol. The number of nitrogens with zero attached hydrogens (tertiary/aromatic N) is 1. The minimum atomic E-state index is -0.0999. The number of carbonyl (C=O) groups excluding carboxylic acids is 1. The van der Waals surface area contributed by atoms with Crippen molar-refractivity contribution in [3.63, 3.8) is 0 Å². The zero-order valence-corrected chi connectivity index (χ0v) is 17.8. The molecule has 4 nitrogen and oxygen atoms in total. The molecular weight excluding hydrogens is 360 g/mol. The monoisotopic (exact) mass is 396 g/mol. The largest absolute Gasteiger partial charge is 0.394 e. The fraction of sp³-hybridized carbons (Fsp3) is 0.640. The van der Waals surface area contributed by atoms with Crippen molar-refractivity contribution in [1.82, 2.24) is 10.2 Å². The lowest BCUT2D eigenvalue weighted by molar-refractivity contribution is -0.150. The molecule has 0 spiro atoms. The van der Waals surface area contributed by atoms with Crippen LogP contribution < -0.4 is 5.32 Å². The standard InChI is InChI=1S/C25H36N2O2/c1-2-24(29)27-22(16-26-21-10-4-3-5-11-21)25(23(27)17-28)20-14-12-19(13-15-20)18-8-6-7-9-18/h8,12-15,21-23,25-26,28H,2-7,9-11,16-17H2,1H3/t22-,23+,25+/m0/s1. The molecule has 0 aromatic heterocycles. The number of rotatable bonds is 7. The lowest BCUT2D eigenvalue weighted by Crippen LogP contribution is -2.68. The molecule has 3 aliphatic rings. The van der Waals surface area contributed by atoms with Gasteiger partial charge in [-0.2, -0.15) is 0 Å². The fourth-order valence-corrected chi connectivity index (χ4v) is 5.62. The number of allylic oxidation sites excluding steroid dienone is 2. The van der Waals surface area contributed by atoms with Gasteiger partial charge in [0.2, 0.25) is 5.91 Å². The smallest absolute Gasteiger partial charge is 0.222 e. The summed E-state index contributed by atoms with van der Waals surface area (Å²) < 4.78 is 0. The Bertz CT molecular complexity index is 721.